The monoisotopic (exact) mass is 288 g/mol. The highest BCUT2D eigenvalue weighted by atomic mass is 16.5. The lowest BCUT2D eigenvalue weighted by atomic mass is 10.1. The Hall–Kier alpha value is -2.27. The Kier molecular flexibility index (Phi) is 5.00. The number of ether oxygens (including phenoxy) is 3. The Labute approximate surface area is 124 Å². The van der Waals surface area contributed by atoms with Gasteiger partial charge in [-0.1, -0.05) is 6.92 Å². The van der Waals surface area contributed by atoms with Gasteiger partial charge in [0.05, 0.1) is 26.1 Å². The molecule has 0 aliphatic heterocycles. The topological polar surface area (TPSA) is 66.6 Å². The number of methoxy groups -OCH3 is 2. The van der Waals surface area contributed by atoms with Crippen molar-refractivity contribution >= 4 is 0 Å². The minimum Gasteiger partial charge on any atom is -0.496 e. The van der Waals surface area contributed by atoms with Crippen molar-refractivity contribution in [1.82, 2.24) is 4.98 Å². The van der Waals surface area contributed by atoms with E-state index in [0.29, 0.717) is 23.0 Å². The average Bonchev–Trinajstić information content (AvgIpc) is 2.54. The quantitative estimate of drug-likeness (QED) is 0.883. The molecule has 0 radical (unpaired) electrons. The van der Waals surface area contributed by atoms with Gasteiger partial charge in [-0.25, -0.2) is 0 Å². The van der Waals surface area contributed by atoms with E-state index in [0.717, 1.165) is 12.1 Å². The van der Waals surface area contributed by atoms with Crippen molar-refractivity contribution < 1.29 is 14.2 Å². The van der Waals surface area contributed by atoms with Gasteiger partial charge in [-0.3, -0.25) is 4.98 Å². The fourth-order valence-electron chi connectivity index (χ4n) is 1.86. The van der Waals surface area contributed by atoms with Gasteiger partial charge in [0.25, 0.3) is 0 Å². The van der Waals surface area contributed by atoms with Crippen LogP contribution in [-0.4, -0.2) is 19.2 Å². The molecule has 0 aliphatic carbocycles. The van der Waals surface area contributed by atoms with E-state index in [4.69, 9.17) is 19.9 Å². The standard InChI is InChI=1S/C16H20N2O3/c1-4-15(17)16-6-5-11(10-18-16)21-14-8-12(19-2)7-13(9-14)20-3/h5-10,15H,4,17H2,1-3H3/t15-/m0/s1. The second kappa shape index (κ2) is 6.95. The third-order valence-electron chi connectivity index (χ3n) is 3.14. The molecular weight excluding hydrogens is 268 g/mol. The van der Waals surface area contributed by atoms with Gasteiger partial charge in [0.1, 0.15) is 23.0 Å². The maximum Gasteiger partial charge on any atom is 0.145 e. The van der Waals surface area contributed by atoms with Crippen molar-refractivity contribution in [2.75, 3.05) is 14.2 Å². The van der Waals surface area contributed by atoms with Gasteiger partial charge in [0.15, 0.2) is 0 Å². The van der Waals surface area contributed by atoms with Crippen LogP contribution >= 0.6 is 0 Å². The molecule has 0 amide bonds. The van der Waals surface area contributed by atoms with Crippen molar-refractivity contribution in [3.8, 4) is 23.0 Å². The minimum atomic E-state index is -0.0454. The summed E-state index contributed by atoms with van der Waals surface area (Å²) in [6.07, 6.45) is 2.51. The largest absolute Gasteiger partial charge is 0.496 e. The molecule has 2 N–H and O–H groups in total. The summed E-state index contributed by atoms with van der Waals surface area (Å²) < 4.78 is 16.2. The highest BCUT2D eigenvalue weighted by molar-refractivity contribution is 5.43. The molecule has 21 heavy (non-hydrogen) atoms. The van der Waals surface area contributed by atoms with Gasteiger partial charge in [0, 0.05) is 24.2 Å². The molecule has 0 unspecified atom stereocenters. The van der Waals surface area contributed by atoms with E-state index in [2.05, 4.69) is 4.98 Å². The smallest absolute Gasteiger partial charge is 0.145 e. The SMILES string of the molecule is CC[C@H](N)c1ccc(Oc2cc(OC)cc(OC)c2)cn1. The van der Waals surface area contributed by atoms with Crippen LogP contribution in [0.3, 0.4) is 0 Å². The molecular formula is C16H20N2O3. The molecule has 112 valence electrons. The molecule has 2 rings (SSSR count). The first-order valence-electron chi connectivity index (χ1n) is 6.78. The Morgan fingerprint density at radius 3 is 2.10 bits per heavy atom. The van der Waals surface area contributed by atoms with Gasteiger partial charge >= 0.3 is 0 Å². The molecule has 2 aromatic rings. The van der Waals surface area contributed by atoms with Crippen LogP contribution in [0.15, 0.2) is 36.5 Å². The molecule has 0 bridgehead atoms. The predicted octanol–water partition coefficient (Wildman–Crippen LogP) is 3.30. The minimum absolute atomic E-state index is 0.0454. The number of benzene rings is 1. The summed E-state index contributed by atoms with van der Waals surface area (Å²) in [6.45, 7) is 2.03. The summed E-state index contributed by atoms with van der Waals surface area (Å²) in [5.74, 6) is 2.60. The third-order valence-corrected chi connectivity index (χ3v) is 3.14. The number of hydrogen-bond acceptors (Lipinski definition) is 5. The van der Waals surface area contributed by atoms with E-state index >= 15 is 0 Å². The summed E-state index contributed by atoms with van der Waals surface area (Å²) in [5, 5.41) is 0. The second-order valence-electron chi connectivity index (χ2n) is 4.58. The van der Waals surface area contributed by atoms with Crippen LogP contribution in [0.1, 0.15) is 25.1 Å². The maximum absolute atomic E-state index is 5.94. The fraction of sp³-hybridized carbons (Fsp3) is 0.312. The predicted molar refractivity (Wildman–Crippen MR) is 81.1 cm³/mol. The van der Waals surface area contributed by atoms with Crippen LogP contribution in [0.4, 0.5) is 0 Å². The fourth-order valence-corrected chi connectivity index (χ4v) is 1.86. The second-order valence-corrected chi connectivity index (χ2v) is 4.58. The zero-order valence-corrected chi connectivity index (χ0v) is 12.5. The van der Waals surface area contributed by atoms with Crippen LogP contribution in [0.25, 0.3) is 0 Å². The van der Waals surface area contributed by atoms with Crippen LogP contribution < -0.4 is 19.9 Å². The van der Waals surface area contributed by atoms with E-state index in [9.17, 15) is 0 Å². The summed E-state index contributed by atoms with van der Waals surface area (Å²) in [7, 11) is 3.20. The molecule has 5 heteroatoms. The number of aromatic nitrogens is 1. The van der Waals surface area contributed by atoms with Gasteiger partial charge in [-0.2, -0.15) is 0 Å². The molecule has 0 aliphatic rings. The van der Waals surface area contributed by atoms with Gasteiger partial charge in [-0.15, -0.1) is 0 Å². The number of pyridine rings is 1. The summed E-state index contributed by atoms with van der Waals surface area (Å²) in [5.41, 5.74) is 6.79. The van der Waals surface area contributed by atoms with Crippen molar-refractivity contribution in [2.24, 2.45) is 5.73 Å². The van der Waals surface area contributed by atoms with Crippen LogP contribution in [0.2, 0.25) is 0 Å². The lowest BCUT2D eigenvalue weighted by Gasteiger charge is -2.11. The van der Waals surface area contributed by atoms with Crippen molar-refractivity contribution in [3.05, 3.63) is 42.2 Å². The first kappa shape index (κ1) is 15.1. The molecule has 1 aromatic carbocycles. The zero-order chi connectivity index (χ0) is 15.2. The van der Waals surface area contributed by atoms with Crippen LogP contribution in [-0.2, 0) is 0 Å². The summed E-state index contributed by atoms with van der Waals surface area (Å²) in [6, 6.07) is 9.04. The van der Waals surface area contributed by atoms with Crippen LogP contribution in [0.5, 0.6) is 23.0 Å². The van der Waals surface area contributed by atoms with Crippen molar-refractivity contribution in [2.45, 2.75) is 19.4 Å². The summed E-state index contributed by atoms with van der Waals surface area (Å²) >= 11 is 0. The normalized spacial score (nSPS) is 11.8. The van der Waals surface area contributed by atoms with Crippen LogP contribution in [0, 0.1) is 0 Å². The van der Waals surface area contributed by atoms with Gasteiger partial charge < -0.3 is 19.9 Å². The molecule has 1 aromatic heterocycles. The van der Waals surface area contributed by atoms with E-state index in [1.807, 2.05) is 19.1 Å². The lowest BCUT2D eigenvalue weighted by molar-refractivity contribution is 0.386. The van der Waals surface area contributed by atoms with E-state index in [1.165, 1.54) is 0 Å². The molecule has 0 saturated carbocycles. The van der Waals surface area contributed by atoms with Gasteiger partial charge in [-0.05, 0) is 18.6 Å². The molecule has 1 heterocycles. The Morgan fingerprint density at radius 1 is 1.00 bits per heavy atom. The highest BCUT2D eigenvalue weighted by Gasteiger charge is 2.07. The van der Waals surface area contributed by atoms with Crippen molar-refractivity contribution in [3.63, 3.8) is 0 Å². The lowest BCUT2D eigenvalue weighted by Crippen LogP contribution is -2.10. The number of rotatable bonds is 6. The Morgan fingerprint density at radius 2 is 1.62 bits per heavy atom. The Bertz CT molecular complexity index is 562. The number of nitrogens with zero attached hydrogens (tertiary/aromatic N) is 1. The molecule has 0 fully saturated rings. The zero-order valence-electron chi connectivity index (χ0n) is 12.5. The third kappa shape index (κ3) is 3.86. The maximum atomic E-state index is 5.94. The number of hydrogen-bond donors (Lipinski definition) is 1. The van der Waals surface area contributed by atoms with Gasteiger partial charge in [0.2, 0.25) is 0 Å². The number of nitrogens with two attached hydrogens (primary N) is 1. The molecule has 0 spiro atoms. The van der Waals surface area contributed by atoms with E-state index in [-0.39, 0.29) is 6.04 Å². The molecule has 1 atom stereocenters. The first-order valence-corrected chi connectivity index (χ1v) is 6.78. The highest BCUT2D eigenvalue weighted by Crippen LogP contribution is 2.30. The van der Waals surface area contributed by atoms with Crippen molar-refractivity contribution in [1.29, 1.82) is 0 Å². The molecule has 5 nitrogen and oxygen atoms in total. The summed E-state index contributed by atoms with van der Waals surface area (Å²) in [4.78, 5) is 4.32. The van der Waals surface area contributed by atoms with E-state index in [1.54, 1.807) is 38.6 Å². The Balaban J connectivity index is 2.17. The average molecular weight is 288 g/mol. The first-order chi connectivity index (χ1) is 10.2. The van der Waals surface area contributed by atoms with E-state index < -0.39 is 0 Å². The molecule has 0 saturated heterocycles.